The Morgan fingerprint density at radius 2 is 2.00 bits per heavy atom. The van der Waals surface area contributed by atoms with Crippen molar-refractivity contribution in [3.8, 4) is 0 Å². The Morgan fingerprint density at radius 1 is 1.40 bits per heavy atom. The van der Waals surface area contributed by atoms with Crippen molar-refractivity contribution in [2.24, 2.45) is 5.73 Å². The van der Waals surface area contributed by atoms with E-state index in [4.69, 9.17) is 10.5 Å². The van der Waals surface area contributed by atoms with Crippen LogP contribution in [0.25, 0.3) is 0 Å². The summed E-state index contributed by atoms with van der Waals surface area (Å²) in [6.07, 6.45) is 2.12. The summed E-state index contributed by atoms with van der Waals surface area (Å²) < 4.78 is 28.4. The van der Waals surface area contributed by atoms with E-state index in [1.165, 1.54) is 0 Å². The largest absolute Gasteiger partial charge is 0.369 e. The molecule has 90 valence electrons. The molecule has 1 aliphatic heterocycles. The zero-order valence-electron chi connectivity index (χ0n) is 9.53. The first kappa shape index (κ1) is 12.9. The third-order valence-corrected chi connectivity index (χ3v) is 5.01. The topological polar surface area (TPSA) is 69.4 Å². The lowest BCUT2D eigenvalue weighted by Gasteiger charge is -2.33. The van der Waals surface area contributed by atoms with Crippen LogP contribution in [0.1, 0.15) is 33.1 Å². The molecule has 0 saturated carbocycles. The Bertz CT molecular complexity index is 288. The summed E-state index contributed by atoms with van der Waals surface area (Å²) in [7, 11) is -2.86. The van der Waals surface area contributed by atoms with Gasteiger partial charge in [0.1, 0.15) is 0 Å². The maximum Gasteiger partial charge on any atom is 0.152 e. The average molecular weight is 235 g/mol. The molecule has 15 heavy (non-hydrogen) atoms. The van der Waals surface area contributed by atoms with Crippen LogP contribution in [0.15, 0.2) is 0 Å². The molecule has 1 rings (SSSR count). The maximum absolute atomic E-state index is 11.3. The van der Waals surface area contributed by atoms with E-state index in [2.05, 4.69) is 0 Å². The Hall–Kier alpha value is -0.130. The highest BCUT2D eigenvalue weighted by atomic mass is 32.2. The molecular formula is C10H21NO3S. The van der Waals surface area contributed by atoms with Gasteiger partial charge in [-0.3, -0.25) is 0 Å². The van der Waals surface area contributed by atoms with Gasteiger partial charge in [-0.2, -0.15) is 0 Å². The number of nitrogens with two attached hydrogens (primary N) is 1. The van der Waals surface area contributed by atoms with Crippen molar-refractivity contribution in [3.63, 3.8) is 0 Å². The van der Waals surface area contributed by atoms with Crippen LogP contribution in [0.4, 0.5) is 0 Å². The van der Waals surface area contributed by atoms with Gasteiger partial charge in [-0.25, -0.2) is 8.42 Å². The molecule has 0 aliphatic carbocycles. The second-order valence-corrected chi connectivity index (χ2v) is 6.47. The van der Waals surface area contributed by atoms with Gasteiger partial charge in [-0.05, 0) is 19.3 Å². The van der Waals surface area contributed by atoms with Gasteiger partial charge in [0.2, 0.25) is 0 Å². The van der Waals surface area contributed by atoms with E-state index < -0.39 is 9.84 Å². The van der Waals surface area contributed by atoms with E-state index in [-0.39, 0.29) is 23.2 Å². The van der Waals surface area contributed by atoms with Crippen molar-refractivity contribution in [2.75, 3.05) is 18.1 Å². The minimum Gasteiger partial charge on any atom is -0.369 e. The molecule has 1 saturated heterocycles. The van der Waals surface area contributed by atoms with E-state index >= 15 is 0 Å². The van der Waals surface area contributed by atoms with Crippen LogP contribution < -0.4 is 5.73 Å². The fraction of sp³-hybridized carbons (Fsp3) is 1.00. The Kier molecular flexibility index (Phi) is 4.14. The summed E-state index contributed by atoms with van der Waals surface area (Å²) >= 11 is 0. The monoisotopic (exact) mass is 235 g/mol. The highest BCUT2D eigenvalue weighted by Crippen LogP contribution is 2.26. The first-order valence-electron chi connectivity index (χ1n) is 5.55. The van der Waals surface area contributed by atoms with Crippen LogP contribution in [0, 0.1) is 0 Å². The van der Waals surface area contributed by atoms with Crippen molar-refractivity contribution in [3.05, 3.63) is 0 Å². The molecule has 0 aromatic rings. The predicted octanol–water partition coefficient (Wildman–Crippen LogP) is 0.708. The lowest BCUT2D eigenvalue weighted by atomic mass is 9.97. The number of hydrogen-bond donors (Lipinski definition) is 1. The molecule has 1 atom stereocenters. The van der Waals surface area contributed by atoms with Crippen molar-refractivity contribution in [2.45, 2.75) is 44.8 Å². The van der Waals surface area contributed by atoms with Gasteiger partial charge in [-0.15, -0.1) is 0 Å². The minimum absolute atomic E-state index is 0.154. The van der Waals surface area contributed by atoms with Crippen LogP contribution in [0.3, 0.4) is 0 Å². The van der Waals surface area contributed by atoms with Crippen LogP contribution in [-0.4, -0.2) is 38.2 Å². The first-order valence-corrected chi connectivity index (χ1v) is 7.37. The molecule has 1 aliphatic rings. The van der Waals surface area contributed by atoms with Crippen LogP contribution in [0.2, 0.25) is 0 Å². The van der Waals surface area contributed by atoms with E-state index in [1.807, 2.05) is 13.8 Å². The molecule has 5 heteroatoms. The third kappa shape index (κ3) is 3.16. The van der Waals surface area contributed by atoms with Gasteiger partial charge in [0.05, 0.1) is 23.2 Å². The normalized spacial score (nSPS) is 25.7. The number of sulfone groups is 1. The zero-order chi connectivity index (χ0) is 11.5. The van der Waals surface area contributed by atoms with Crippen molar-refractivity contribution < 1.29 is 13.2 Å². The predicted molar refractivity (Wildman–Crippen MR) is 60.5 cm³/mol. The standard InChI is InChI=1S/C10H21NO3S/c1-3-10(4-2,8-11)14-9-5-6-15(12,13)7-9/h9H,3-8,11H2,1-2H3. The molecule has 0 spiro atoms. The molecule has 0 aromatic heterocycles. The zero-order valence-corrected chi connectivity index (χ0v) is 10.3. The van der Waals surface area contributed by atoms with Gasteiger partial charge >= 0.3 is 0 Å². The van der Waals surface area contributed by atoms with Crippen molar-refractivity contribution >= 4 is 9.84 Å². The summed E-state index contributed by atoms with van der Waals surface area (Å²) in [5, 5.41) is 0. The molecule has 4 nitrogen and oxygen atoms in total. The quantitative estimate of drug-likeness (QED) is 0.762. The SMILES string of the molecule is CCC(CC)(CN)OC1CCS(=O)(=O)C1. The summed E-state index contributed by atoms with van der Waals surface area (Å²) in [5.41, 5.74) is 5.37. The molecule has 2 N–H and O–H groups in total. The first-order chi connectivity index (χ1) is 6.97. The lowest BCUT2D eigenvalue weighted by molar-refractivity contribution is -0.0825. The van der Waals surface area contributed by atoms with Gasteiger partial charge in [-0.1, -0.05) is 13.8 Å². The Labute approximate surface area is 92.1 Å². The summed E-state index contributed by atoms with van der Waals surface area (Å²) in [6.45, 7) is 4.51. The summed E-state index contributed by atoms with van der Waals surface area (Å²) in [5.74, 6) is 0.417. The van der Waals surface area contributed by atoms with Gasteiger partial charge in [0.15, 0.2) is 9.84 Å². The lowest BCUT2D eigenvalue weighted by Crippen LogP contribution is -2.43. The second kappa shape index (κ2) is 4.80. The van der Waals surface area contributed by atoms with E-state index in [1.54, 1.807) is 0 Å². The number of hydrogen-bond acceptors (Lipinski definition) is 4. The molecule has 0 aromatic carbocycles. The van der Waals surface area contributed by atoms with E-state index in [0.29, 0.717) is 13.0 Å². The molecule has 0 amide bonds. The Balaban J connectivity index is 2.61. The van der Waals surface area contributed by atoms with Crippen molar-refractivity contribution in [1.29, 1.82) is 0 Å². The van der Waals surface area contributed by atoms with Gasteiger partial charge in [0.25, 0.3) is 0 Å². The van der Waals surface area contributed by atoms with Gasteiger partial charge in [0, 0.05) is 6.54 Å². The van der Waals surface area contributed by atoms with Crippen LogP contribution >= 0.6 is 0 Å². The van der Waals surface area contributed by atoms with E-state index in [0.717, 1.165) is 12.8 Å². The Morgan fingerprint density at radius 3 is 2.33 bits per heavy atom. The molecule has 1 fully saturated rings. The third-order valence-electron chi connectivity index (χ3n) is 3.27. The smallest absolute Gasteiger partial charge is 0.152 e. The molecule has 1 unspecified atom stereocenters. The van der Waals surface area contributed by atoms with Gasteiger partial charge < -0.3 is 10.5 Å². The molecule has 0 bridgehead atoms. The van der Waals surface area contributed by atoms with E-state index in [9.17, 15) is 8.42 Å². The minimum atomic E-state index is -2.86. The van der Waals surface area contributed by atoms with Crippen molar-refractivity contribution in [1.82, 2.24) is 0 Å². The fourth-order valence-electron chi connectivity index (χ4n) is 1.96. The molecular weight excluding hydrogens is 214 g/mol. The molecule has 0 radical (unpaired) electrons. The number of ether oxygens (including phenoxy) is 1. The maximum atomic E-state index is 11.3. The van der Waals surface area contributed by atoms with Crippen LogP contribution in [0.5, 0.6) is 0 Å². The summed E-state index contributed by atoms with van der Waals surface area (Å²) in [4.78, 5) is 0. The number of rotatable bonds is 5. The molecule has 1 heterocycles. The fourth-order valence-corrected chi connectivity index (χ4v) is 3.55. The highest BCUT2D eigenvalue weighted by Gasteiger charge is 2.35. The average Bonchev–Trinajstić information content (AvgIpc) is 2.55. The summed E-state index contributed by atoms with van der Waals surface area (Å²) in [6, 6.07) is 0. The highest BCUT2D eigenvalue weighted by molar-refractivity contribution is 7.91. The van der Waals surface area contributed by atoms with Crippen LogP contribution in [-0.2, 0) is 14.6 Å². The second-order valence-electron chi connectivity index (χ2n) is 4.24.